The number of rotatable bonds is 3. The Morgan fingerprint density at radius 1 is 1.38 bits per heavy atom. The predicted molar refractivity (Wildman–Crippen MR) is 79.0 cm³/mol. The van der Waals surface area contributed by atoms with Crippen molar-refractivity contribution >= 4 is 10.9 Å². The van der Waals surface area contributed by atoms with Crippen molar-refractivity contribution in [1.29, 1.82) is 0 Å². The van der Waals surface area contributed by atoms with E-state index in [1.165, 1.54) is 30.2 Å². The summed E-state index contributed by atoms with van der Waals surface area (Å²) in [6.07, 6.45) is 5.16. The van der Waals surface area contributed by atoms with Crippen molar-refractivity contribution in [2.45, 2.75) is 26.2 Å². The van der Waals surface area contributed by atoms with Gasteiger partial charge in [-0.2, -0.15) is 5.10 Å². The first-order valence-corrected chi connectivity index (χ1v) is 7.15. The molecule has 2 aromatic heterocycles. The highest BCUT2D eigenvalue weighted by atomic mass is 16.5. The van der Waals surface area contributed by atoms with Gasteiger partial charge in [-0.1, -0.05) is 22.9 Å². The van der Waals surface area contributed by atoms with E-state index in [0.29, 0.717) is 10.9 Å². The van der Waals surface area contributed by atoms with Gasteiger partial charge in [0.15, 0.2) is 5.52 Å². The third-order valence-electron chi connectivity index (χ3n) is 4.04. The fraction of sp³-hybridized carbons (Fsp3) is 0.312. The predicted octanol–water partition coefficient (Wildman–Crippen LogP) is 2.84. The summed E-state index contributed by atoms with van der Waals surface area (Å²) in [6.45, 7) is 2.06. The summed E-state index contributed by atoms with van der Waals surface area (Å²) < 4.78 is 4.96. The largest absolute Gasteiger partial charge is 0.363 e. The molecule has 0 aliphatic heterocycles. The van der Waals surface area contributed by atoms with Crippen LogP contribution in [0.15, 0.2) is 33.8 Å². The molecule has 0 unspecified atom stereocenters. The third-order valence-corrected chi connectivity index (χ3v) is 4.04. The number of H-pyrrole nitrogens is 1. The molecule has 5 heteroatoms. The van der Waals surface area contributed by atoms with Gasteiger partial charge in [-0.15, -0.1) is 0 Å². The fourth-order valence-electron chi connectivity index (χ4n) is 2.72. The van der Waals surface area contributed by atoms with Crippen LogP contribution in [0.3, 0.4) is 0 Å². The highest BCUT2D eigenvalue weighted by molar-refractivity contribution is 5.91. The quantitative estimate of drug-likeness (QED) is 0.801. The maximum absolute atomic E-state index is 11.7. The zero-order valence-electron chi connectivity index (χ0n) is 11.7. The second-order valence-electron chi connectivity index (χ2n) is 5.79. The SMILES string of the molecule is Cc1ccc(CC2CC2)c(-c2n[nH]c(=O)c3nocc23)c1. The molecule has 4 rings (SSSR count). The number of nitrogens with zero attached hydrogens (tertiary/aromatic N) is 2. The molecule has 1 saturated carbocycles. The summed E-state index contributed by atoms with van der Waals surface area (Å²) in [5, 5.41) is 11.2. The second kappa shape index (κ2) is 4.55. The number of aromatic nitrogens is 3. The van der Waals surface area contributed by atoms with Gasteiger partial charge in [0.2, 0.25) is 0 Å². The van der Waals surface area contributed by atoms with Crippen molar-refractivity contribution in [3.63, 3.8) is 0 Å². The topological polar surface area (TPSA) is 71.8 Å². The van der Waals surface area contributed by atoms with Crippen molar-refractivity contribution in [3.05, 3.63) is 45.9 Å². The van der Waals surface area contributed by atoms with Crippen LogP contribution >= 0.6 is 0 Å². The van der Waals surface area contributed by atoms with Gasteiger partial charge < -0.3 is 4.52 Å². The van der Waals surface area contributed by atoms with Crippen LogP contribution < -0.4 is 5.56 Å². The molecule has 1 N–H and O–H groups in total. The minimum absolute atomic E-state index is 0.305. The lowest BCUT2D eigenvalue weighted by atomic mass is 9.96. The van der Waals surface area contributed by atoms with Crippen LogP contribution in [0.5, 0.6) is 0 Å². The Morgan fingerprint density at radius 2 is 2.24 bits per heavy atom. The summed E-state index contributed by atoms with van der Waals surface area (Å²) in [6, 6.07) is 6.40. The molecule has 0 bridgehead atoms. The Kier molecular flexibility index (Phi) is 2.67. The molecule has 1 aliphatic rings. The van der Waals surface area contributed by atoms with Crippen LogP contribution in [0.2, 0.25) is 0 Å². The van der Waals surface area contributed by atoms with Crippen molar-refractivity contribution in [2.24, 2.45) is 5.92 Å². The van der Waals surface area contributed by atoms with E-state index in [0.717, 1.165) is 23.6 Å². The number of aromatic amines is 1. The minimum Gasteiger partial charge on any atom is -0.363 e. The van der Waals surface area contributed by atoms with E-state index in [1.807, 2.05) is 0 Å². The van der Waals surface area contributed by atoms with Crippen molar-refractivity contribution < 1.29 is 4.52 Å². The zero-order chi connectivity index (χ0) is 14.4. The molecule has 106 valence electrons. The van der Waals surface area contributed by atoms with Crippen LogP contribution in [0, 0.1) is 12.8 Å². The van der Waals surface area contributed by atoms with Crippen LogP contribution in [-0.2, 0) is 6.42 Å². The van der Waals surface area contributed by atoms with E-state index in [1.54, 1.807) is 0 Å². The van der Waals surface area contributed by atoms with Crippen molar-refractivity contribution in [3.8, 4) is 11.3 Å². The molecule has 1 fully saturated rings. The molecule has 0 amide bonds. The highest BCUT2D eigenvalue weighted by Gasteiger charge is 2.24. The first-order chi connectivity index (χ1) is 10.2. The number of hydrogen-bond acceptors (Lipinski definition) is 4. The Bertz CT molecular complexity index is 875. The lowest BCUT2D eigenvalue weighted by Crippen LogP contribution is -2.09. The monoisotopic (exact) mass is 281 g/mol. The zero-order valence-corrected chi connectivity index (χ0v) is 11.7. The molecule has 1 aromatic carbocycles. The maximum atomic E-state index is 11.7. The summed E-state index contributed by atoms with van der Waals surface area (Å²) in [5.41, 5.74) is 4.22. The molecule has 0 atom stereocenters. The highest BCUT2D eigenvalue weighted by Crippen LogP contribution is 2.36. The van der Waals surface area contributed by atoms with Crippen LogP contribution in [0.1, 0.15) is 24.0 Å². The average Bonchev–Trinajstić information content (AvgIpc) is 3.14. The number of nitrogens with one attached hydrogen (secondary N) is 1. The minimum atomic E-state index is -0.320. The number of aryl methyl sites for hydroxylation is 1. The average molecular weight is 281 g/mol. The van der Waals surface area contributed by atoms with Gasteiger partial charge in [-0.25, -0.2) is 5.10 Å². The van der Waals surface area contributed by atoms with Crippen LogP contribution in [0.4, 0.5) is 0 Å². The van der Waals surface area contributed by atoms with Crippen LogP contribution in [0.25, 0.3) is 22.2 Å². The van der Waals surface area contributed by atoms with E-state index < -0.39 is 0 Å². The van der Waals surface area contributed by atoms with Gasteiger partial charge in [-0.05, 0) is 43.7 Å². The van der Waals surface area contributed by atoms with E-state index in [9.17, 15) is 4.79 Å². The summed E-state index contributed by atoms with van der Waals surface area (Å²) in [5.74, 6) is 0.784. The first-order valence-electron chi connectivity index (χ1n) is 7.15. The van der Waals surface area contributed by atoms with Gasteiger partial charge in [0, 0.05) is 5.56 Å². The molecular formula is C16H15N3O2. The van der Waals surface area contributed by atoms with Gasteiger partial charge in [0.1, 0.15) is 12.0 Å². The van der Waals surface area contributed by atoms with E-state index in [4.69, 9.17) is 4.52 Å². The Hall–Kier alpha value is -2.43. The molecule has 0 spiro atoms. The van der Waals surface area contributed by atoms with Crippen molar-refractivity contribution in [1.82, 2.24) is 15.4 Å². The van der Waals surface area contributed by atoms with Gasteiger partial charge >= 0.3 is 0 Å². The summed E-state index contributed by atoms with van der Waals surface area (Å²) in [7, 11) is 0. The Labute approximate surface area is 121 Å². The first kappa shape index (κ1) is 12.3. The number of hydrogen-bond donors (Lipinski definition) is 1. The lowest BCUT2D eigenvalue weighted by molar-refractivity contribution is 0.428. The molecule has 0 radical (unpaired) electrons. The maximum Gasteiger partial charge on any atom is 0.294 e. The molecule has 3 aromatic rings. The normalized spacial score (nSPS) is 14.7. The van der Waals surface area contributed by atoms with Gasteiger partial charge in [0.25, 0.3) is 5.56 Å². The van der Waals surface area contributed by atoms with Gasteiger partial charge in [0.05, 0.1) is 5.39 Å². The Balaban J connectivity index is 1.95. The van der Waals surface area contributed by atoms with E-state index >= 15 is 0 Å². The third kappa shape index (κ3) is 2.14. The Morgan fingerprint density at radius 3 is 3.05 bits per heavy atom. The molecule has 21 heavy (non-hydrogen) atoms. The molecule has 2 heterocycles. The smallest absolute Gasteiger partial charge is 0.294 e. The fourth-order valence-corrected chi connectivity index (χ4v) is 2.72. The van der Waals surface area contributed by atoms with Gasteiger partial charge in [-0.3, -0.25) is 4.79 Å². The number of fused-ring (bicyclic) bond motifs is 1. The summed E-state index contributed by atoms with van der Waals surface area (Å²) >= 11 is 0. The number of benzene rings is 1. The van der Waals surface area contributed by atoms with E-state index in [-0.39, 0.29) is 5.56 Å². The molecule has 0 saturated heterocycles. The molecule has 5 nitrogen and oxygen atoms in total. The van der Waals surface area contributed by atoms with Crippen molar-refractivity contribution in [2.75, 3.05) is 0 Å². The summed E-state index contributed by atoms with van der Waals surface area (Å²) in [4.78, 5) is 11.7. The van der Waals surface area contributed by atoms with Crippen LogP contribution in [-0.4, -0.2) is 15.4 Å². The second-order valence-corrected chi connectivity index (χ2v) is 5.79. The molecular weight excluding hydrogens is 266 g/mol. The standard InChI is InChI=1S/C16H15N3O2/c1-9-2-5-11(7-10-3-4-10)12(6-9)14-13-8-21-19-15(13)16(20)18-17-14/h2,5-6,8,10H,3-4,7H2,1H3,(H,18,20). The molecule has 1 aliphatic carbocycles. The lowest BCUT2D eigenvalue weighted by Gasteiger charge is -2.10. The van der Waals surface area contributed by atoms with E-state index in [2.05, 4.69) is 40.5 Å².